The van der Waals surface area contributed by atoms with Crippen LogP contribution in [-0.2, 0) is 4.79 Å². The number of carbonyl (C=O) groups excluding carboxylic acids is 2. The Kier molecular flexibility index (Phi) is 4.74. The molecule has 5 rings (SSSR count). The Morgan fingerprint density at radius 1 is 0.900 bits per heavy atom. The van der Waals surface area contributed by atoms with Crippen LogP contribution in [0.15, 0.2) is 54.6 Å². The van der Waals surface area contributed by atoms with Gasteiger partial charge in [0, 0.05) is 43.0 Å². The predicted octanol–water partition coefficient (Wildman–Crippen LogP) is 3.90. The zero-order chi connectivity index (χ0) is 20.7. The molecule has 2 heterocycles. The lowest BCUT2D eigenvalue weighted by atomic mass is 10.0. The van der Waals surface area contributed by atoms with Crippen LogP contribution in [0.25, 0.3) is 22.2 Å². The molecule has 2 fully saturated rings. The highest BCUT2D eigenvalue weighted by Crippen LogP contribution is 2.31. The van der Waals surface area contributed by atoms with Crippen LogP contribution in [0.2, 0.25) is 0 Å². The second-order valence-corrected chi connectivity index (χ2v) is 8.33. The number of hydrogen-bond acceptors (Lipinski definition) is 3. The van der Waals surface area contributed by atoms with Gasteiger partial charge in [0.25, 0.3) is 5.91 Å². The molecule has 30 heavy (non-hydrogen) atoms. The van der Waals surface area contributed by atoms with Gasteiger partial charge in [0.2, 0.25) is 5.91 Å². The topological polar surface area (TPSA) is 53.5 Å². The molecule has 2 amide bonds. The Hall–Kier alpha value is -3.21. The molecule has 5 nitrogen and oxygen atoms in total. The fourth-order valence-corrected chi connectivity index (χ4v) is 4.16. The highest BCUT2D eigenvalue weighted by atomic mass is 16.2. The van der Waals surface area contributed by atoms with E-state index >= 15 is 0 Å². The zero-order valence-corrected chi connectivity index (χ0v) is 17.2. The minimum Gasteiger partial charge on any atom is -0.339 e. The number of hydrogen-bond donors (Lipinski definition) is 0. The van der Waals surface area contributed by atoms with Crippen molar-refractivity contribution in [3.05, 3.63) is 65.7 Å². The van der Waals surface area contributed by atoms with E-state index in [1.165, 1.54) is 0 Å². The number of amides is 2. The molecule has 152 valence electrons. The van der Waals surface area contributed by atoms with Gasteiger partial charge < -0.3 is 9.80 Å². The molecule has 1 aliphatic heterocycles. The van der Waals surface area contributed by atoms with Gasteiger partial charge in [-0.2, -0.15) is 0 Å². The SMILES string of the molecule is Cc1ccc2nc(-c3ccccc3)cc(C(=O)N3CCN(C(=O)C4CC4)CC3)c2c1. The molecule has 0 atom stereocenters. The van der Waals surface area contributed by atoms with Crippen LogP contribution in [0.5, 0.6) is 0 Å². The fourth-order valence-electron chi connectivity index (χ4n) is 4.16. The van der Waals surface area contributed by atoms with Crippen molar-refractivity contribution in [2.24, 2.45) is 5.92 Å². The molecule has 0 N–H and O–H groups in total. The number of pyridine rings is 1. The Morgan fingerprint density at radius 2 is 1.60 bits per heavy atom. The Labute approximate surface area is 176 Å². The van der Waals surface area contributed by atoms with Crippen molar-refractivity contribution < 1.29 is 9.59 Å². The Morgan fingerprint density at radius 3 is 2.30 bits per heavy atom. The predicted molar refractivity (Wildman–Crippen MR) is 117 cm³/mol. The molecule has 5 heteroatoms. The second kappa shape index (κ2) is 7.56. The summed E-state index contributed by atoms with van der Waals surface area (Å²) in [5.41, 5.74) is 4.41. The van der Waals surface area contributed by atoms with Gasteiger partial charge in [0.05, 0.1) is 16.8 Å². The van der Waals surface area contributed by atoms with Crippen LogP contribution in [0.4, 0.5) is 0 Å². The summed E-state index contributed by atoms with van der Waals surface area (Å²) >= 11 is 0. The molecule has 0 bridgehead atoms. The third-order valence-corrected chi connectivity index (χ3v) is 6.07. The minimum atomic E-state index is 0.0173. The molecule has 1 aromatic heterocycles. The van der Waals surface area contributed by atoms with Gasteiger partial charge in [-0.05, 0) is 38.0 Å². The number of piperazine rings is 1. The number of nitrogens with zero attached hydrogens (tertiary/aromatic N) is 3. The van der Waals surface area contributed by atoms with Gasteiger partial charge >= 0.3 is 0 Å². The van der Waals surface area contributed by atoms with E-state index in [1.54, 1.807) is 0 Å². The van der Waals surface area contributed by atoms with Crippen LogP contribution >= 0.6 is 0 Å². The van der Waals surface area contributed by atoms with Gasteiger partial charge in [-0.3, -0.25) is 9.59 Å². The van der Waals surface area contributed by atoms with E-state index < -0.39 is 0 Å². The van der Waals surface area contributed by atoms with Crippen molar-refractivity contribution in [3.8, 4) is 11.3 Å². The van der Waals surface area contributed by atoms with E-state index in [-0.39, 0.29) is 17.7 Å². The highest BCUT2D eigenvalue weighted by molar-refractivity contribution is 6.07. The summed E-state index contributed by atoms with van der Waals surface area (Å²) in [7, 11) is 0. The summed E-state index contributed by atoms with van der Waals surface area (Å²) in [6.07, 6.45) is 2.03. The Balaban J connectivity index is 1.47. The van der Waals surface area contributed by atoms with Crippen molar-refractivity contribution >= 4 is 22.7 Å². The normalized spacial score (nSPS) is 16.7. The van der Waals surface area contributed by atoms with Crippen LogP contribution in [0.3, 0.4) is 0 Å². The summed E-state index contributed by atoms with van der Waals surface area (Å²) in [5.74, 6) is 0.509. The van der Waals surface area contributed by atoms with E-state index in [9.17, 15) is 9.59 Å². The average Bonchev–Trinajstić information content (AvgIpc) is 3.64. The van der Waals surface area contributed by atoms with Crippen LogP contribution in [0.1, 0.15) is 28.8 Å². The first-order valence-corrected chi connectivity index (χ1v) is 10.6. The maximum Gasteiger partial charge on any atom is 0.254 e. The maximum absolute atomic E-state index is 13.5. The molecule has 0 radical (unpaired) electrons. The lowest BCUT2D eigenvalue weighted by Crippen LogP contribution is -2.51. The van der Waals surface area contributed by atoms with Gasteiger partial charge in [-0.25, -0.2) is 4.98 Å². The van der Waals surface area contributed by atoms with Crippen LogP contribution in [0, 0.1) is 12.8 Å². The first kappa shape index (κ1) is 18.8. The molecule has 0 spiro atoms. The van der Waals surface area contributed by atoms with Crippen molar-refractivity contribution in [1.82, 2.24) is 14.8 Å². The van der Waals surface area contributed by atoms with E-state index in [1.807, 2.05) is 71.3 Å². The molecule has 1 aliphatic carbocycles. The van der Waals surface area contributed by atoms with Crippen LogP contribution < -0.4 is 0 Å². The summed E-state index contributed by atoms with van der Waals surface area (Å²) < 4.78 is 0. The number of benzene rings is 2. The summed E-state index contributed by atoms with van der Waals surface area (Å²) in [6, 6.07) is 17.9. The minimum absolute atomic E-state index is 0.0173. The quantitative estimate of drug-likeness (QED) is 0.671. The summed E-state index contributed by atoms with van der Waals surface area (Å²) in [4.78, 5) is 34.5. The van der Waals surface area contributed by atoms with Crippen LogP contribution in [-0.4, -0.2) is 52.8 Å². The number of aryl methyl sites for hydroxylation is 1. The molecule has 1 saturated heterocycles. The fraction of sp³-hybridized carbons (Fsp3) is 0.320. The number of aromatic nitrogens is 1. The molecular weight excluding hydrogens is 374 g/mol. The molecular formula is C25H25N3O2. The third-order valence-electron chi connectivity index (χ3n) is 6.07. The van der Waals surface area contributed by atoms with Gasteiger partial charge in [0.1, 0.15) is 0 Å². The van der Waals surface area contributed by atoms with E-state index in [4.69, 9.17) is 4.98 Å². The number of rotatable bonds is 3. The monoisotopic (exact) mass is 399 g/mol. The number of carbonyl (C=O) groups is 2. The smallest absolute Gasteiger partial charge is 0.254 e. The largest absolute Gasteiger partial charge is 0.339 e. The molecule has 2 aliphatic rings. The van der Waals surface area contributed by atoms with Gasteiger partial charge in [-0.15, -0.1) is 0 Å². The lowest BCUT2D eigenvalue weighted by Gasteiger charge is -2.35. The lowest BCUT2D eigenvalue weighted by molar-refractivity contribution is -0.134. The van der Waals surface area contributed by atoms with Crippen molar-refractivity contribution in [2.75, 3.05) is 26.2 Å². The molecule has 1 saturated carbocycles. The Bertz CT molecular complexity index is 1110. The molecule has 3 aromatic rings. The molecule has 0 unspecified atom stereocenters. The van der Waals surface area contributed by atoms with Crippen molar-refractivity contribution in [3.63, 3.8) is 0 Å². The maximum atomic E-state index is 13.5. The van der Waals surface area contributed by atoms with Crippen molar-refractivity contribution in [2.45, 2.75) is 19.8 Å². The van der Waals surface area contributed by atoms with Gasteiger partial charge in [0.15, 0.2) is 0 Å². The highest BCUT2D eigenvalue weighted by Gasteiger charge is 2.35. The molecule has 2 aromatic carbocycles. The standard InChI is InChI=1S/C25H25N3O2/c1-17-7-10-22-20(15-17)21(16-23(26-22)18-5-3-2-4-6-18)25(30)28-13-11-27(12-14-28)24(29)19-8-9-19/h2-7,10,15-16,19H,8-9,11-14H2,1H3. The first-order valence-electron chi connectivity index (χ1n) is 10.6. The van der Waals surface area contributed by atoms with Gasteiger partial charge in [-0.1, -0.05) is 42.0 Å². The zero-order valence-electron chi connectivity index (χ0n) is 17.2. The van der Waals surface area contributed by atoms with E-state index in [0.717, 1.165) is 40.6 Å². The first-order chi connectivity index (χ1) is 14.6. The van der Waals surface area contributed by atoms with E-state index in [2.05, 4.69) is 0 Å². The summed E-state index contributed by atoms with van der Waals surface area (Å²) in [6.45, 7) is 4.42. The average molecular weight is 399 g/mol. The second-order valence-electron chi connectivity index (χ2n) is 8.33. The number of fused-ring (bicyclic) bond motifs is 1. The summed E-state index contributed by atoms with van der Waals surface area (Å²) in [5, 5.41) is 0.885. The third kappa shape index (κ3) is 3.56. The van der Waals surface area contributed by atoms with Crippen molar-refractivity contribution in [1.29, 1.82) is 0 Å². The van der Waals surface area contributed by atoms with E-state index in [0.29, 0.717) is 31.7 Å².